The SMILES string of the molecule is CC(N)CO.CC[C@@H](C)C(C)=O. The lowest BCUT2D eigenvalue weighted by molar-refractivity contribution is -0.120. The molecule has 0 spiro atoms. The number of aliphatic hydroxyl groups excluding tert-OH is 1. The summed E-state index contributed by atoms with van der Waals surface area (Å²) in [5.74, 6) is 0.558. The van der Waals surface area contributed by atoms with Crippen LogP contribution >= 0.6 is 0 Å². The number of carbonyl (C=O) groups excluding carboxylic acids is 1. The highest BCUT2D eigenvalue weighted by Gasteiger charge is 2.01. The molecule has 0 amide bonds. The van der Waals surface area contributed by atoms with Crippen LogP contribution in [0.15, 0.2) is 0 Å². The van der Waals surface area contributed by atoms with Crippen molar-refractivity contribution in [3.8, 4) is 0 Å². The number of nitrogens with two attached hydrogens (primary N) is 1. The van der Waals surface area contributed by atoms with E-state index < -0.39 is 0 Å². The fraction of sp³-hybridized carbons (Fsp3) is 0.889. The van der Waals surface area contributed by atoms with Crippen LogP contribution in [0.1, 0.15) is 34.1 Å². The molecule has 0 fully saturated rings. The molecular weight excluding hydrogens is 154 g/mol. The molecule has 0 aliphatic rings. The summed E-state index contributed by atoms with van der Waals surface area (Å²) in [6, 6.07) is -0.0602. The lowest BCUT2D eigenvalue weighted by atomic mass is 10.1. The number of rotatable bonds is 3. The number of aliphatic hydroxyl groups is 1. The van der Waals surface area contributed by atoms with E-state index in [4.69, 9.17) is 10.8 Å². The predicted octanol–water partition coefficient (Wildman–Crippen LogP) is 0.947. The molecule has 3 nitrogen and oxygen atoms in total. The van der Waals surface area contributed by atoms with Gasteiger partial charge in [0.25, 0.3) is 0 Å². The lowest BCUT2D eigenvalue weighted by Gasteiger charge is -1.98. The summed E-state index contributed by atoms with van der Waals surface area (Å²) in [6.45, 7) is 7.43. The average molecular weight is 175 g/mol. The summed E-state index contributed by atoms with van der Waals surface area (Å²) in [4.78, 5) is 10.4. The van der Waals surface area contributed by atoms with Crippen LogP contribution in [0.5, 0.6) is 0 Å². The number of hydrogen-bond donors (Lipinski definition) is 2. The number of ketones is 1. The molecule has 0 aromatic heterocycles. The fourth-order valence-corrected chi connectivity index (χ4v) is 0.287. The Morgan fingerprint density at radius 2 is 1.83 bits per heavy atom. The first-order valence-electron chi connectivity index (χ1n) is 4.32. The van der Waals surface area contributed by atoms with Crippen LogP contribution in [0.4, 0.5) is 0 Å². The van der Waals surface area contributed by atoms with Gasteiger partial charge in [-0.25, -0.2) is 0 Å². The molecule has 0 bridgehead atoms. The Morgan fingerprint density at radius 1 is 1.50 bits per heavy atom. The van der Waals surface area contributed by atoms with Gasteiger partial charge < -0.3 is 10.8 Å². The summed E-state index contributed by atoms with van der Waals surface area (Å²) in [5.41, 5.74) is 5.04. The van der Waals surface area contributed by atoms with Crippen molar-refractivity contribution in [2.24, 2.45) is 11.7 Å². The zero-order valence-corrected chi connectivity index (χ0v) is 8.50. The largest absolute Gasteiger partial charge is 0.395 e. The van der Waals surface area contributed by atoms with Crippen LogP contribution < -0.4 is 5.73 Å². The van der Waals surface area contributed by atoms with E-state index in [1.807, 2.05) is 13.8 Å². The van der Waals surface area contributed by atoms with Gasteiger partial charge in [0.15, 0.2) is 0 Å². The van der Waals surface area contributed by atoms with E-state index in [1.54, 1.807) is 13.8 Å². The Kier molecular flexibility index (Phi) is 10.2. The maximum Gasteiger partial charge on any atom is 0.132 e. The molecule has 2 atom stereocenters. The van der Waals surface area contributed by atoms with E-state index in [1.165, 1.54) is 0 Å². The summed E-state index contributed by atoms with van der Waals surface area (Å²) in [6.07, 6.45) is 0.968. The number of carbonyl (C=O) groups is 1. The molecule has 0 aliphatic heterocycles. The number of Topliss-reactive ketones (excluding diaryl/α,β-unsaturated/α-hetero) is 1. The fourth-order valence-electron chi connectivity index (χ4n) is 0.287. The van der Waals surface area contributed by atoms with Gasteiger partial charge in [0.1, 0.15) is 5.78 Å². The smallest absolute Gasteiger partial charge is 0.132 e. The molecule has 0 aromatic carbocycles. The van der Waals surface area contributed by atoms with Crippen LogP contribution in [-0.4, -0.2) is 23.5 Å². The van der Waals surface area contributed by atoms with Gasteiger partial charge in [-0.05, 0) is 20.3 Å². The molecule has 0 rings (SSSR count). The first-order valence-corrected chi connectivity index (χ1v) is 4.32. The summed E-state index contributed by atoms with van der Waals surface area (Å²) in [5, 5.41) is 8.02. The molecule has 0 heterocycles. The zero-order chi connectivity index (χ0) is 10.1. The first-order chi connectivity index (χ1) is 5.45. The van der Waals surface area contributed by atoms with Gasteiger partial charge in [0.2, 0.25) is 0 Å². The molecular formula is C9H21NO2. The third kappa shape index (κ3) is 12.3. The van der Waals surface area contributed by atoms with Crippen LogP contribution in [0, 0.1) is 5.92 Å². The Morgan fingerprint density at radius 3 is 1.83 bits per heavy atom. The molecule has 0 aromatic rings. The van der Waals surface area contributed by atoms with E-state index in [-0.39, 0.29) is 18.6 Å². The van der Waals surface area contributed by atoms with Crippen molar-refractivity contribution in [3.05, 3.63) is 0 Å². The second-order valence-electron chi connectivity index (χ2n) is 3.08. The molecule has 1 unspecified atom stereocenters. The normalized spacial score (nSPS) is 14.2. The predicted molar refractivity (Wildman–Crippen MR) is 50.9 cm³/mol. The van der Waals surface area contributed by atoms with E-state index in [9.17, 15) is 4.79 Å². The second kappa shape index (κ2) is 8.68. The van der Waals surface area contributed by atoms with Gasteiger partial charge in [-0.1, -0.05) is 13.8 Å². The highest BCUT2D eigenvalue weighted by atomic mass is 16.3. The van der Waals surface area contributed by atoms with E-state index in [0.717, 1.165) is 6.42 Å². The van der Waals surface area contributed by atoms with Crippen LogP contribution in [-0.2, 0) is 4.79 Å². The van der Waals surface area contributed by atoms with E-state index in [0.29, 0.717) is 5.78 Å². The quantitative estimate of drug-likeness (QED) is 0.671. The maximum absolute atomic E-state index is 10.4. The minimum atomic E-state index is -0.0602. The molecule has 0 aliphatic carbocycles. The third-order valence-electron chi connectivity index (χ3n) is 1.59. The minimum absolute atomic E-state index is 0.0602. The average Bonchev–Trinajstić information content (AvgIpc) is 2.04. The van der Waals surface area contributed by atoms with E-state index >= 15 is 0 Å². The summed E-state index contributed by atoms with van der Waals surface area (Å²) < 4.78 is 0. The molecule has 0 saturated carbocycles. The van der Waals surface area contributed by atoms with Crippen molar-refractivity contribution in [2.45, 2.75) is 40.2 Å². The van der Waals surface area contributed by atoms with Gasteiger partial charge in [-0.15, -0.1) is 0 Å². The van der Waals surface area contributed by atoms with Gasteiger partial charge in [-0.3, -0.25) is 4.79 Å². The van der Waals surface area contributed by atoms with Crippen molar-refractivity contribution in [1.82, 2.24) is 0 Å². The standard InChI is InChI=1S/C6H12O.C3H9NO/c1-4-5(2)6(3)7;1-3(4)2-5/h5H,4H2,1-3H3;3,5H,2,4H2,1H3/t5-;/m1./s1. The lowest BCUT2D eigenvalue weighted by Crippen LogP contribution is -2.18. The van der Waals surface area contributed by atoms with Gasteiger partial charge in [0, 0.05) is 12.0 Å². The minimum Gasteiger partial charge on any atom is -0.395 e. The third-order valence-corrected chi connectivity index (χ3v) is 1.59. The Labute approximate surface area is 75.0 Å². The van der Waals surface area contributed by atoms with Crippen molar-refractivity contribution in [1.29, 1.82) is 0 Å². The molecule has 74 valence electrons. The van der Waals surface area contributed by atoms with Crippen molar-refractivity contribution in [3.63, 3.8) is 0 Å². The number of hydrogen-bond acceptors (Lipinski definition) is 3. The highest BCUT2D eigenvalue weighted by Crippen LogP contribution is 1.99. The molecule has 3 N–H and O–H groups in total. The van der Waals surface area contributed by atoms with Crippen LogP contribution in [0.3, 0.4) is 0 Å². The van der Waals surface area contributed by atoms with E-state index in [2.05, 4.69) is 0 Å². The van der Waals surface area contributed by atoms with Crippen LogP contribution in [0.2, 0.25) is 0 Å². The van der Waals surface area contributed by atoms with Crippen molar-refractivity contribution < 1.29 is 9.90 Å². The topological polar surface area (TPSA) is 63.3 Å². The molecule has 3 heteroatoms. The second-order valence-corrected chi connectivity index (χ2v) is 3.08. The first kappa shape index (κ1) is 14.1. The summed E-state index contributed by atoms with van der Waals surface area (Å²) >= 11 is 0. The van der Waals surface area contributed by atoms with Gasteiger partial charge in [-0.2, -0.15) is 0 Å². The zero-order valence-electron chi connectivity index (χ0n) is 8.50. The van der Waals surface area contributed by atoms with Crippen molar-refractivity contribution >= 4 is 5.78 Å². The molecule has 0 radical (unpaired) electrons. The Bertz CT molecular complexity index is 113. The highest BCUT2D eigenvalue weighted by molar-refractivity contribution is 5.77. The van der Waals surface area contributed by atoms with Crippen molar-refractivity contribution in [2.75, 3.05) is 6.61 Å². The summed E-state index contributed by atoms with van der Waals surface area (Å²) in [7, 11) is 0. The van der Waals surface area contributed by atoms with Crippen LogP contribution in [0.25, 0.3) is 0 Å². The monoisotopic (exact) mass is 175 g/mol. The molecule has 12 heavy (non-hydrogen) atoms. The Balaban J connectivity index is 0. The molecule has 0 saturated heterocycles. The maximum atomic E-state index is 10.4. The Hall–Kier alpha value is -0.410. The van der Waals surface area contributed by atoms with Gasteiger partial charge in [0.05, 0.1) is 6.61 Å². The van der Waals surface area contributed by atoms with Gasteiger partial charge >= 0.3 is 0 Å².